The third-order valence-corrected chi connectivity index (χ3v) is 1.05. The fourth-order valence-corrected chi connectivity index (χ4v) is 0.278. The zero-order valence-corrected chi connectivity index (χ0v) is 7.33. The lowest BCUT2D eigenvalue weighted by Gasteiger charge is -2.15. The minimum Gasteiger partial charge on any atom is -0.478 e. The number of hydrogen-bond donors (Lipinski definition) is 1. The molecule has 5 nitrogen and oxygen atoms in total. The molecule has 0 atom stereocenters. The van der Waals surface area contributed by atoms with Gasteiger partial charge in [-0.2, -0.15) is 0 Å². The molecule has 0 unspecified atom stereocenters. The van der Waals surface area contributed by atoms with Gasteiger partial charge in [-0.1, -0.05) is 5.16 Å². The highest BCUT2D eigenvalue weighted by molar-refractivity contribution is 6.77. The van der Waals surface area contributed by atoms with E-state index >= 15 is 0 Å². The average molecular weight is 194 g/mol. The van der Waals surface area contributed by atoms with E-state index in [1.807, 2.05) is 0 Å². The van der Waals surface area contributed by atoms with Crippen molar-refractivity contribution in [3.8, 4) is 0 Å². The zero-order valence-electron chi connectivity index (χ0n) is 6.57. The summed E-state index contributed by atoms with van der Waals surface area (Å²) in [6.45, 7) is 2.59. The molecule has 0 aliphatic carbocycles. The van der Waals surface area contributed by atoms with Crippen LogP contribution in [0.15, 0.2) is 5.16 Å². The van der Waals surface area contributed by atoms with Gasteiger partial charge in [0.2, 0.25) is 5.60 Å². The fourth-order valence-electron chi connectivity index (χ4n) is 0.239. The van der Waals surface area contributed by atoms with Crippen LogP contribution in [-0.2, 0) is 14.4 Å². The molecule has 0 rings (SSSR count). The summed E-state index contributed by atoms with van der Waals surface area (Å²) in [7, 11) is 0. The summed E-state index contributed by atoms with van der Waals surface area (Å²) in [5.74, 6) is -1.18. The Morgan fingerprint density at radius 2 is 2.08 bits per heavy atom. The average Bonchev–Trinajstić information content (AvgIpc) is 1.85. The lowest BCUT2D eigenvalue weighted by atomic mass is 10.1. The Morgan fingerprint density at radius 1 is 1.58 bits per heavy atom. The lowest BCUT2D eigenvalue weighted by Crippen LogP contribution is -2.33. The van der Waals surface area contributed by atoms with Crippen LogP contribution in [0.2, 0.25) is 0 Å². The molecule has 68 valence electrons. The second-order valence-electron chi connectivity index (χ2n) is 2.45. The SMILES string of the molecule is CC(C)(ON=CC(=O)Cl)C(=O)O. The van der Waals surface area contributed by atoms with Crippen LogP contribution in [0.1, 0.15) is 13.8 Å². The Kier molecular flexibility index (Phi) is 3.69. The van der Waals surface area contributed by atoms with Crippen molar-refractivity contribution in [1.29, 1.82) is 0 Å². The van der Waals surface area contributed by atoms with Gasteiger partial charge in [-0.15, -0.1) is 0 Å². The van der Waals surface area contributed by atoms with Crippen molar-refractivity contribution in [1.82, 2.24) is 0 Å². The van der Waals surface area contributed by atoms with Gasteiger partial charge in [-0.05, 0) is 25.4 Å². The van der Waals surface area contributed by atoms with Crippen LogP contribution < -0.4 is 0 Å². The number of carboxylic acid groups (broad SMARTS) is 1. The van der Waals surface area contributed by atoms with Crippen LogP contribution in [0.4, 0.5) is 0 Å². The summed E-state index contributed by atoms with van der Waals surface area (Å²) in [4.78, 5) is 24.9. The van der Waals surface area contributed by atoms with Crippen LogP contribution >= 0.6 is 11.6 Å². The van der Waals surface area contributed by atoms with Gasteiger partial charge in [0.05, 0.1) is 0 Å². The lowest BCUT2D eigenvalue weighted by molar-refractivity contribution is -0.161. The second kappa shape index (κ2) is 4.06. The maximum absolute atomic E-state index is 10.4. The van der Waals surface area contributed by atoms with Crippen molar-refractivity contribution in [3.63, 3.8) is 0 Å². The first-order chi connectivity index (χ1) is 5.36. The summed E-state index contributed by atoms with van der Waals surface area (Å²) in [6, 6.07) is 0. The van der Waals surface area contributed by atoms with E-state index in [4.69, 9.17) is 16.7 Å². The number of carboxylic acids is 1. The van der Waals surface area contributed by atoms with Crippen molar-refractivity contribution in [2.45, 2.75) is 19.4 Å². The molecule has 0 saturated heterocycles. The number of aliphatic carboxylic acids is 1. The summed E-state index contributed by atoms with van der Waals surface area (Å²) in [5.41, 5.74) is -1.46. The highest BCUT2D eigenvalue weighted by Crippen LogP contribution is 2.08. The Bertz CT molecular complexity index is 224. The molecular formula is C6H8ClNO4. The minimum absolute atomic E-state index is 0.687. The van der Waals surface area contributed by atoms with Crippen molar-refractivity contribution in [2.24, 2.45) is 5.16 Å². The van der Waals surface area contributed by atoms with Crippen LogP contribution in [-0.4, -0.2) is 28.1 Å². The van der Waals surface area contributed by atoms with Gasteiger partial charge >= 0.3 is 5.97 Å². The van der Waals surface area contributed by atoms with Gasteiger partial charge in [0.15, 0.2) is 0 Å². The highest BCUT2D eigenvalue weighted by atomic mass is 35.5. The number of halogens is 1. The molecule has 6 heteroatoms. The number of oxime groups is 1. The van der Waals surface area contributed by atoms with E-state index in [2.05, 4.69) is 9.99 Å². The standard InChI is InChI=1S/C6H8ClNO4/c1-6(2,5(10)11)12-8-3-4(7)9/h3H,1-2H3,(H,10,11). The summed E-state index contributed by atoms with van der Waals surface area (Å²) < 4.78 is 0. The summed E-state index contributed by atoms with van der Waals surface area (Å²) in [5, 5.41) is 10.7. The van der Waals surface area contributed by atoms with Gasteiger partial charge in [0, 0.05) is 0 Å². The largest absolute Gasteiger partial charge is 0.478 e. The van der Waals surface area contributed by atoms with E-state index in [1.165, 1.54) is 13.8 Å². The predicted molar refractivity (Wildman–Crippen MR) is 42.2 cm³/mol. The smallest absolute Gasteiger partial charge is 0.350 e. The van der Waals surface area contributed by atoms with Crippen molar-refractivity contribution >= 4 is 29.0 Å². The van der Waals surface area contributed by atoms with Gasteiger partial charge in [-0.3, -0.25) is 4.79 Å². The third kappa shape index (κ3) is 3.92. The van der Waals surface area contributed by atoms with Crippen molar-refractivity contribution < 1.29 is 19.5 Å². The minimum atomic E-state index is -1.46. The third-order valence-electron chi connectivity index (χ3n) is 0.950. The molecule has 0 saturated carbocycles. The molecule has 0 amide bonds. The highest BCUT2D eigenvalue weighted by Gasteiger charge is 2.29. The fraction of sp³-hybridized carbons (Fsp3) is 0.500. The molecule has 0 fully saturated rings. The molecule has 0 aliphatic rings. The number of carbonyl (C=O) groups is 2. The van der Waals surface area contributed by atoms with E-state index in [-0.39, 0.29) is 0 Å². The number of hydrogen-bond acceptors (Lipinski definition) is 4. The number of rotatable bonds is 4. The van der Waals surface area contributed by atoms with E-state index in [1.54, 1.807) is 0 Å². The molecule has 0 aromatic carbocycles. The first kappa shape index (κ1) is 10.9. The second-order valence-corrected chi connectivity index (χ2v) is 2.82. The number of nitrogens with zero attached hydrogens (tertiary/aromatic N) is 1. The molecule has 0 spiro atoms. The maximum Gasteiger partial charge on any atom is 0.350 e. The van der Waals surface area contributed by atoms with E-state index < -0.39 is 16.8 Å². The molecule has 0 aliphatic heterocycles. The van der Waals surface area contributed by atoms with E-state index in [0.717, 1.165) is 0 Å². The van der Waals surface area contributed by atoms with Crippen LogP contribution in [0.25, 0.3) is 0 Å². The van der Waals surface area contributed by atoms with Gasteiger partial charge in [0.1, 0.15) is 6.21 Å². The van der Waals surface area contributed by atoms with Gasteiger partial charge in [0.25, 0.3) is 5.24 Å². The molecule has 12 heavy (non-hydrogen) atoms. The summed E-state index contributed by atoms with van der Waals surface area (Å²) in [6.07, 6.45) is 0.687. The van der Waals surface area contributed by atoms with E-state index in [0.29, 0.717) is 6.21 Å². The topological polar surface area (TPSA) is 76.0 Å². The van der Waals surface area contributed by atoms with E-state index in [9.17, 15) is 9.59 Å². The number of carbonyl (C=O) groups excluding carboxylic acids is 1. The van der Waals surface area contributed by atoms with Gasteiger partial charge in [-0.25, -0.2) is 4.79 Å². The van der Waals surface area contributed by atoms with Crippen LogP contribution in [0.3, 0.4) is 0 Å². The monoisotopic (exact) mass is 193 g/mol. The Morgan fingerprint density at radius 3 is 2.42 bits per heavy atom. The maximum atomic E-state index is 10.4. The Labute approximate surface area is 73.9 Å². The molecule has 0 bridgehead atoms. The molecule has 1 N–H and O–H groups in total. The predicted octanol–water partition coefficient (Wildman–Crippen LogP) is 0.617. The first-order valence-electron chi connectivity index (χ1n) is 3.00. The Hall–Kier alpha value is -1.10. The normalized spacial score (nSPS) is 11.6. The summed E-state index contributed by atoms with van der Waals surface area (Å²) >= 11 is 4.87. The van der Waals surface area contributed by atoms with Crippen molar-refractivity contribution in [2.75, 3.05) is 0 Å². The van der Waals surface area contributed by atoms with Gasteiger partial charge < -0.3 is 9.94 Å². The zero-order chi connectivity index (χ0) is 9.78. The first-order valence-corrected chi connectivity index (χ1v) is 3.38. The Balaban J connectivity index is 4.09. The van der Waals surface area contributed by atoms with Crippen LogP contribution in [0, 0.1) is 0 Å². The van der Waals surface area contributed by atoms with Crippen molar-refractivity contribution in [3.05, 3.63) is 0 Å². The molecule has 0 radical (unpaired) electrons. The molecular weight excluding hydrogens is 186 g/mol. The quantitative estimate of drug-likeness (QED) is 0.403. The molecule has 0 aromatic rings. The molecule has 0 heterocycles. The van der Waals surface area contributed by atoms with Crippen LogP contribution in [0.5, 0.6) is 0 Å². The molecule has 0 aromatic heterocycles.